The molecule has 0 heterocycles. The summed E-state index contributed by atoms with van der Waals surface area (Å²) in [7, 11) is 0.792. The smallest absolute Gasteiger partial charge is 0.305 e. The van der Waals surface area contributed by atoms with Crippen molar-refractivity contribution >= 4 is 20.2 Å². The lowest BCUT2D eigenvalue weighted by atomic mass is 10.1. The van der Waals surface area contributed by atoms with Crippen LogP contribution in [0.15, 0.2) is 24.3 Å². The van der Waals surface area contributed by atoms with Crippen LogP contribution in [-0.2, 0) is 25.3 Å². The van der Waals surface area contributed by atoms with Gasteiger partial charge >= 0.3 is 5.97 Å². The van der Waals surface area contributed by atoms with Gasteiger partial charge in [-0.15, -0.1) is 0 Å². The SMILES string of the molecule is COC(=O)CC[C@H](O[Si](C)(C)C(C)(C)C)C(=O)NCc1ccc(OC)cc1. The van der Waals surface area contributed by atoms with Crippen molar-refractivity contribution in [3.05, 3.63) is 29.8 Å². The number of carbonyl (C=O) groups is 2. The highest BCUT2D eigenvalue weighted by Gasteiger charge is 2.40. The second-order valence-electron chi connectivity index (χ2n) is 8.05. The lowest BCUT2D eigenvalue weighted by molar-refractivity contribution is -0.141. The fraction of sp³-hybridized carbons (Fsp3) is 0.600. The first kappa shape index (κ1) is 23.2. The number of hydrogen-bond donors (Lipinski definition) is 1. The molecule has 0 radical (unpaired) electrons. The molecule has 0 aliphatic rings. The average molecular weight is 396 g/mol. The molecule has 27 heavy (non-hydrogen) atoms. The van der Waals surface area contributed by atoms with Gasteiger partial charge in [-0.1, -0.05) is 32.9 Å². The van der Waals surface area contributed by atoms with Crippen LogP contribution in [0.5, 0.6) is 5.75 Å². The van der Waals surface area contributed by atoms with E-state index in [1.54, 1.807) is 7.11 Å². The highest BCUT2D eigenvalue weighted by atomic mass is 28.4. The zero-order valence-corrected chi connectivity index (χ0v) is 18.5. The van der Waals surface area contributed by atoms with Crippen molar-refractivity contribution in [2.45, 2.75) is 64.4 Å². The highest BCUT2D eigenvalue weighted by Crippen LogP contribution is 2.37. The van der Waals surface area contributed by atoms with Crippen LogP contribution in [0.3, 0.4) is 0 Å². The van der Waals surface area contributed by atoms with E-state index in [2.05, 4.69) is 39.2 Å². The first-order chi connectivity index (χ1) is 12.5. The van der Waals surface area contributed by atoms with Gasteiger partial charge in [-0.25, -0.2) is 0 Å². The van der Waals surface area contributed by atoms with E-state index in [9.17, 15) is 9.59 Å². The number of ether oxygens (including phenoxy) is 2. The van der Waals surface area contributed by atoms with E-state index in [-0.39, 0.29) is 23.3 Å². The van der Waals surface area contributed by atoms with Crippen LogP contribution >= 0.6 is 0 Å². The summed E-state index contributed by atoms with van der Waals surface area (Å²) in [5.74, 6) is 0.212. The molecular weight excluding hydrogens is 362 g/mol. The van der Waals surface area contributed by atoms with Gasteiger partial charge in [0.1, 0.15) is 11.9 Å². The normalized spacial score (nSPS) is 13.0. The summed E-state index contributed by atoms with van der Waals surface area (Å²) in [6, 6.07) is 7.50. The maximum Gasteiger partial charge on any atom is 0.305 e. The minimum atomic E-state index is -2.16. The maximum atomic E-state index is 12.8. The molecule has 7 heteroatoms. The van der Waals surface area contributed by atoms with Crippen molar-refractivity contribution in [2.75, 3.05) is 14.2 Å². The molecule has 0 aliphatic heterocycles. The number of methoxy groups -OCH3 is 2. The van der Waals surface area contributed by atoms with E-state index in [0.717, 1.165) is 11.3 Å². The number of amides is 1. The molecule has 0 spiro atoms. The molecule has 1 aromatic rings. The van der Waals surface area contributed by atoms with Crippen LogP contribution in [-0.4, -0.2) is 40.5 Å². The lowest BCUT2D eigenvalue weighted by Crippen LogP contribution is -2.48. The third-order valence-electron chi connectivity index (χ3n) is 5.00. The van der Waals surface area contributed by atoms with Crippen LogP contribution < -0.4 is 10.1 Å². The Labute approximate surface area is 163 Å². The van der Waals surface area contributed by atoms with Crippen LogP contribution in [0, 0.1) is 0 Å². The Hall–Kier alpha value is -1.86. The predicted octanol–water partition coefficient (Wildman–Crippen LogP) is 3.66. The Balaban J connectivity index is 2.79. The van der Waals surface area contributed by atoms with Crippen molar-refractivity contribution in [1.82, 2.24) is 5.32 Å². The van der Waals surface area contributed by atoms with E-state index in [4.69, 9.17) is 13.9 Å². The van der Waals surface area contributed by atoms with E-state index in [0.29, 0.717) is 13.0 Å². The summed E-state index contributed by atoms with van der Waals surface area (Å²) in [6.07, 6.45) is -0.234. The molecule has 0 aliphatic carbocycles. The van der Waals surface area contributed by atoms with Gasteiger partial charge in [0.25, 0.3) is 0 Å². The Morgan fingerprint density at radius 2 is 1.70 bits per heavy atom. The van der Waals surface area contributed by atoms with Gasteiger partial charge < -0.3 is 19.2 Å². The number of hydrogen-bond acceptors (Lipinski definition) is 5. The van der Waals surface area contributed by atoms with Crippen LogP contribution in [0.2, 0.25) is 18.1 Å². The molecule has 1 rings (SSSR count). The Bertz CT molecular complexity index is 622. The van der Waals surface area contributed by atoms with Gasteiger partial charge in [0.15, 0.2) is 8.32 Å². The molecule has 152 valence electrons. The Morgan fingerprint density at radius 1 is 1.11 bits per heavy atom. The van der Waals surface area contributed by atoms with E-state index >= 15 is 0 Å². The van der Waals surface area contributed by atoms with Crippen molar-refractivity contribution in [1.29, 1.82) is 0 Å². The fourth-order valence-corrected chi connectivity index (χ4v) is 3.46. The second kappa shape index (κ2) is 9.89. The molecule has 0 bridgehead atoms. The second-order valence-corrected chi connectivity index (χ2v) is 12.8. The lowest BCUT2D eigenvalue weighted by Gasteiger charge is -2.38. The molecule has 1 atom stereocenters. The van der Waals surface area contributed by atoms with Crippen LogP contribution in [0.25, 0.3) is 0 Å². The standard InChI is InChI=1S/C20H33NO5Si/c1-20(2,3)27(6,7)26-17(12-13-18(22)25-5)19(23)21-14-15-8-10-16(24-4)11-9-15/h8-11,17H,12-14H2,1-7H3,(H,21,23)/t17-/m0/s1. The third-order valence-corrected chi connectivity index (χ3v) is 9.49. The molecule has 1 N–H and O–H groups in total. The summed E-state index contributed by atoms with van der Waals surface area (Å²) < 4.78 is 16.1. The average Bonchev–Trinajstić information content (AvgIpc) is 2.62. The molecular formula is C20H33NO5Si. The number of benzene rings is 1. The summed E-state index contributed by atoms with van der Waals surface area (Å²) in [5.41, 5.74) is 0.961. The summed E-state index contributed by atoms with van der Waals surface area (Å²) in [6.45, 7) is 10.9. The number of carbonyl (C=O) groups excluding carboxylic acids is 2. The number of nitrogens with one attached hydrogen (secondary N) is 1. The largest absolute Gasteiger partial charge is 0.497 e. The zero-order chi connectivity index (χ0) is 20.7. The quantitative estimate of drug-likeness (QED) is 0.510. The van der Waals surface area contributed by atoms with Crippen molar-refractivity contribution in [3.63, 3.8) is 0 Å². The zero-order valence-electron chi connectivity index (χ0n) is 17.5. The minimum Gasteiger partial charge on any atom is -0.497 e. The van der Waals surface area contributed by atoms with Gasteiger partial charge in [0.2, 0.25) is 5.91 Å². The fourth-order valence-electron chi connectivity index (χ4n) is 2.17. The first-order valence-corrected chi connectivity index (χ1v) is 12.1. The summed E-state index contributed by atoms with van der Waals surface area (Å²) >= 11 is 0. The topological polar surface area (TPSA) is 73.9 Å². The third kappa shape index (κ3) is 7.34. The van der Waals surface area contributed by atoms with Gasteiger partial charge in [-0.3, -0.25) is 9.59 Å². The highest BCUT2D eigenvalue weighted by molar-refractivity contribution is 6.74. The molecule has 0 aromatic heterocycles. The molecule has 0 fully saturated rings. The first-order valence-electron chi connectivity index (χ1n) is 9.15. The molecule has 1 aromatic carbocycles. The molecule has 0 saturated carbocycles. The predicted molar refractivity (Wildman–Crippen MR) is 108 cm³/mol. The molecule has 1 amide bonds. The number of rotatable bonds is 9. The van der Waals surface area contributed by atoms with Gasteiger partial charge in [-0.2, -0.15) is 0 Å². The van der Waals surface area contributed by atoms with Gasteiger partial charge in [0, 0.05) is 13.0 Å². The Morgan fingerprint density at radius 3 is 2.19 bits per heavy atom. The molecule has 6 nitrogen and oxygen atoms in total. The van der Waals surface area contributed by atoms with Crippen LogP contribution in [0.4, 0.5) is 0 Å². The maximum absolute atomic E-state index is 12.8. The summed E-state index contributed by atoms with van der Waals surface area (Å²) in [4.78, 5) is 24.3. The summed E-state index contributed by atoms with van der Waals surface area (Å²) in [5, 5.41) is 2.88. The van der Waals surface area contributed by atoms with Gasteiger partial charge in [0.05, 0.1) is 14.2 Å². The Kier molecular flexibility index (Phi) is 8.49. The van der Waals surface area contributed by atoms with Crippen molar-refractivity contribution in [3.8, 4) is 5.75 Å². The molecule has 0 saturated heterocycles. The number of esters is 1. The van der Waals surface area contributed by atoms with E-state index in [1.165, 1.54) is 7.11 Å². The monoisotopic (exact) mass is 395 g/mol. The van der Waals surface area contributed by atoms with Crippen LogP contribution in [0.1, 0.15) is 39.2 Å². The van der Waals surface area contributed by atoms with E-state index in [1.807, 2.05) is 24.3 Å². The van der Waals surface area contributed by atoms with Gasteiger partial charge in [-0.05, 0) is 42.2 Å². The molecule has 0 unspecified atom stereocenters. The van der Waals surface area contributed by atoms with Crippen molar-refractivity contribution in [2.24, 2.45) is 0 Å². The minimum absolute atomic E-state index is 0.0349. The van der Waals surface area contributed by atoms with Crippen molar-refractivity contribution < 1.29 is 23.5 Å². The van der Waals surface area contributed by atoms with E-state index < -0.39 is 14.4 Å².